The lowest BCUT2D eigenvalue weighted by Crippen LogP contribution is -2.51. The van der Waals surface area contributed by atoms with Crippen molar-refractivity contribution >= 4 is 0 Å². The Hall–Kier alpha value is -0.0800. The van der Waals surface area contributed by atoms with Crippen LogP contribution in [0.1, 0.15) is 66.2 Å². The number of rotatable bonds is 5. The van der Waals surface area contributed by atoms with Crippen molar-refractivity contribution in [2.75, 3.05) is 26.2 Å². The number of likely N-dealkylation sites (tertiary alicyclic amines) is 1. The molecule has 0 aromatic heterocycles. The van der Waals surface area contributed by atoms with E-state index in [1.807, 2.05) is 0 Å². The van der Waals surface area contributed by atoms with E-state index in [-0.39, 0.29) is 0 Å². The smallest absolute Gasteiger partial charge is 0.00697 e. The molecule has 1 aliphatic heterocycles. The molecule has 20 heavy (non-hydrogen) atoms. The Morgan fingerprint density at radius 1 is 1.15 bits per heavy atom. The zero-order valence-electron chi connectivity index (χ0n) is 14.3. The van der Waals surface area contributed by atoms with Crippen molar-refractivity contribution in [1.82, 2.24) is 10.2 Å². The molecule has 1 saturated heterocycles. The first kappa shape index (κ1) is 16.3. The van der Waals surface area contributed by atoms with Gasteiger partial charge in [0.1, 0.15) is 0 Å². The van der Waals surface area contributed by atoms with Crippen LogP contribution in [0.25, 0.3) is 0 Å². The molecule has 4 atom stereocenters. The number of hydrogen-bond acceptors (Lipinski definition) is 2. The second-order valence-electron chi connectivity index (χ2n) is 7.93. The Bertz CT molecular complexity index is 291. The lowest BCUT2D eigenvalue weighted by Gasteiger charge is -2.47. The minimum Gasteiger partial charge on any atom is -0.316 e. The van der Waals surface area contributed by atoms with Gasteiger partial charge in [-0.05, 0) is 62.9 Å². The molecule has 0 aromatic rings. The molecule has 1 saturated carbocycles. The summed E-state index contributed by atoms with van der Waals surface area (Å²) in [5.74, 6) is 1.85. The zero-order chi connectivity index (χ0) is 14.6. The molecule has 2 aliphatic rings. The van der Waals surface area contributed by atoms with Crippen LogP contribution >= 0.6 is 0 Å². The van der Waals surface area contributed by atoms with Gasteiger partial charge in [-0.25, -0.2) is 0 Å². The van der Waals surface area contributed by atoms with Crippen LogP contribution in [0.4, 0.5) is 0 Å². The van der Waals surface area contributed by atoms with E-state index in [9.17, 15) is 0 Å². The van der Waals surface area contributed by atoms with E-state index in [1.54, 1.807) is 0 Å². The van der Waals surface area contributed by atoms with E-state index in [0.717, 1.165) is 24.4 Å². The Morgan fingerprint density at radius 3 is 2.60 bits per heavy atom. The summed E-state index contributed by atoms with van der Waals surface area (Å²) >= 11 is 0. The molecule has 0 bridgehead atoms. The van der Waals surface area contributed by atoms with E-state index in [0.29, 0.717) is 5.41 Å². The quantitative estimate of drug-likeness (QED) is 0.821. The third kappa shape index (κ3) is 4.21. The summed E-state index contributed by atoms with van der Waals surface area (Å²) in [6, 6.07) is 0.787. The Balaban J connectivity index is 1.99. The van der Waals surface area contributed by atoms with Crippen molar-refractivity contribution < 1.29 is 0 Å². The van der Waals surface area contributed by atoms with Gasteiger partial charge in [-0.3, -0.25) is 0 Å². The average molecular weight is 280 g/mol. The summed E-state index contributed by atoms with van der Waals surface area (Å²) in [6.45, 7) is 14.6. The Labute approximate surface area is 126 Å². The molecule has 0 radical (unpaired) electrons. The van der Waals surface area contributed by atoms with Crippen molar-refractivity contribution in [1.29, 1.82) is 0 Å². The van der Waals surface area contributed by atoms with Gasteiger partial charge in [-0.15, -0.1) is 0 Å². The molecular weight excluding hydrogens is 244 g/mol. The molecule has 0 aromatic carbocycles. The van der Waals surface area contributed by atoms with E-state index in [4.69, 9.17) is 0 Å². The predicted octanol–water partition coefficient (Wildman–Crippen LogP) is 3.91. The standard InChI is InChI=1S/C18H36N2/c1-5-19-13-18(9-6-7-16(3)12-18)14-20-10-8-15(2)11-17(20)4/h15-17,19H,5-14H2,1-4H3. The summed E-state index contributed by atoms with van der Waals surface area (Å²) in [4.78, 5) is 2.80. The molecule has 2 heteroatoms. The van der Waals surface area contributed by atoms with Crippen LogP contribution in [0.3, 0.4) is 0 Å². The highest BCUT2D eigenvalue weighted by Crippen LogP contribution is 2.40. The van der Waals surface area contributed by atoms with E-state index in [2.05, 4.69) is 37.9 Å². The summed E-state index contributed by atoms with van der Waals surface area (Å²) in [5, 5.41) is 3.67. The van der Waals surface area contributed by atoms with Crippen LogP contribution in [-0.4, -0.2) is 37.1 Å². The largest absolute Gasteiger partial charge is 0.316 e. The lowest BCUT2D eigenvalue weighted by molar-refractivity contribution is 0.0364. The van der Waals surface area contributed by atoms with Gasteiger partial charge in [0.2, 0.25) is 0 Å². The topological polar surface area (TPSA) is 15.3 Å². The molecule has 2 fully saturated rings. The van der Waals surface area contributed by atoms with Crippen molar-refractivity contribution in [2.45, 2.75) is 72.3 Å². The van der Waals surface area contributed by atoms with Crippen molar-refractivity contribution in [3.05, 3.63) is 0 Å². The number of piperidine rings is 1. The third-order valence-electron chi connectivity index (χ3n) is 5.75. The SMILES string of the molecule is CCNCC1(CN2CCC(C)CC2C)CCCC(C)C1. The molecule has 0 amide bonds. The van der Waals surface area contributed by atoms with Crippen molar-refractivity contribution in [3.63, 3.8) is 0 Å². The summed E-state index contributed by atoms with van der Waals surface area (Å²) in [5.41, 5.74) is 0.544. The van der Waals surface area contributed by atoms with Gasteiger partial charge >= 0.3 is 0 Å². The minimum absolute atomic E-state index is 0.544. The zero-order valence-corrected chi connectivity index (χ0v) is 14.3. The second-order valence-corrected chi connectivity index (χ2v) is 7.93. The maximum atomic E-state index is 3.67. The van der Waals surface area contributed by atoms with Crippen molar-refractivity contribution in [3.8, 4) is 0 Å². The van der Waals surface area contributed by atoms with Gasteiger partial charge in [0.15, 0.2) is 0 Å². The molecule has 1 heterocycles. The first-order valence-electron chi connectivity index (χ1n) is 8.99. The van der Waals surface area contributed by atoms with Gasteiger partial charge in [0, 0.05) is 19.1 Å². The Morgan fingerprint density at radius 2 is 1.95 bits per heavy atom. The first-order chi connectivity index (χ1) is 9.54. The van der Waals surface area contributed by atoms with Crippen LogP contribution in [-0.2, 0) is 0 Å². The van der Waals surface area contributed by atoms with Gasteiger partial charge in [-0.2, -0.15) is 0 Å². The molecule has 0 spiro atoms. The predicted molar refractivity (Wildman–Crippen MR) is 88.0 cm³/mol. The molecule has 2 nitrogen and oxygen atoms in total. The van der Waals surface area contributed by atoms with Gasteiger partial charge in [0.05, 0.1) is 0 Å². The van der Waals surface area contributed by atoms with Gasteiger partial charge < -0.3 is 10.2 Å². The molecular formula is C18H36N2. The first-order valence-corrected chi connectivity index (χ1v) is 8.99. The van der Waals surface area contributed by atoms with Crippen molar-refractivity contribution in [2.24, 2.45) is 17.3 Å². The monoisotopic (exact) mass is 280 g/mol. The Kier molecular flexibility index (Phi) is 5.92. The van der Waals surface area contributed by atoms with Crippen LogP contribution in [0, 0.1) is 17.3 Å². The number of nitrogens with one attached hydrogen (secondary N) is 1. The van der Waals surface area contributed by atoms with Crippen LogP contribution in [0.5, 0.6) is 0 Å². The molecule has 118 valence electrons. The molecule has 2 rings (SSSR count). The summed E-state index contributed by atoms with van der Waals surface area (Å²) in [7, 11) is 0. The van der Waals surface area contributed by atoms with Gasteiger partial charge in [-0.1, -0.05) is 33.6 Å². The average Bonchev–Trinajstić information content (AvgIpc) is 2.40. The highest BCUT2D eigenvalue weighted by atomic mass is 15.2. The highest BCUT2D eigenvalue weighted by Gasteiger charge is 2.38. The summed E-state index contributed by atoms with van der Waals surface area (Å²) < 4.78 is 0. The number of nitrogens with zero attached hydrogens (tertiary/aromatic N) is 1. The van der Waals surface area contributed by atoms with E-state index in [1.165, 1.54) is 58.2 Å². The second kappa shape index (κ2) is 7.26. The van der Waals surface area contributed by atoms with E-state index >= 15 is 0 Å². The molecule has 1 N–H and O–H groups in total. The van der Waals surface area contributed by atoms with Crippen LogP contribution < -0.4 is 5.32 Å². The van der Waals surface area contributed by atoms with Gasteiger partial charge in [0.25, 0.3) is 0 Å². The van der Waals surface area contributed by atoms with E-state index < -0.39 is 0 Å². The third-order valence-corrected chi connectivity index (χ3v) is 5.75. The highest BCUT2D eigenvalue weighted by molar-refractivity contribution is 4.92. The maximum absolute atomic E-state index is 3.67. The maximum Gasteiger partial charge on any atom is 0.00697 e. The van der Waals surface area contributed by atoms with Crippen LogP contribution in [0.15, 0.2) is 0 Å². The number of hydrogen-bond donors (Lipinski definition) is 1. The van der Waals surface area contributed by atoms with Crippen LogP contribution in [0.2, 0.25) is 0 Å². The fourth-order valence-corrected chi connectivity index (χ4v) is 4.64. The fraction of sp³-hybridized carbons (Fsp3) is 1.00. The molecule has 4 unspecified atom stereocenters. The lowest BCUT2D eigenvalue weighted by atomic mass is 9.69. The fourth-order valence-electron chi connectivity index (χ4n) is 4.64. The minimum atomic E-state index is 0.544. The normalized spacial score (nSPS) is 39.9. The molecule has 1 aliphatic carbocycles. The summed E-state index contributed by atoms with van der Waals surface area (Å²) in [6.07, 6.45) is 8.54.